The second-order valence-corrected chi connectivity index (χ2v) is 35.2. The summed E-state index contributed by atoms with van der Waals surface area (Å²) in [6, 6.07) is 1.74. The summed E-state index contributed by atoms with van der Waals surface area (Å²) in [6.07, 6.45) is 4.01. The lowest BCUT2D eigenvalue weighted by Crippen LogP contribution is -2.60. The number of nitrogens with two attached hydrogens (primary N) is 3. The lowest BCUT2D eigenvalue weighted by molar-refractivity contribution is -0.149. The van der Waals surface area contributed by atoms with E-state index in [9.17, 15) is 67.7 Å². The summed E-state index contributed by atoms with van der Waals surface area (Å²) in [5.41, 5.74) is 20.6. The fraction of sp³-hybridized carbons (Fsp3) is 0.527. The van der Waals surface area contributed by atoms with Gasteiger partial charge in [0.2, 0.25) is 94.5 Å². The lowest BCUT2D eigenvalue weighted by Gasteiger charge is -2.36. The number of hydrogen-bond acceptors (Lipinski definition) is 22. The van der Waals surface area contributed by atoms with Gasteiger partial charge in [0.05, 0.1) is 31.6 Å². The predicted molar refractivity (Wildman–Crippen MR) is 491 cm³/mol. The predicted octanol–water partition coefficient (Wildman–Crippen LogP) is 0.00650. The number of imidazole rings is 1. The Hall–Kier alpha value is -13.3. The van der Waals surface area contributed by atoms with Gasteiger partial charge in [0.1, 0.15) is 78.3 Å². The van der Waals surface area contributed by atoms with E-state index in [1.807, 2.05) is 26.0 Å². The summed E-state index contributed by atoms with van der Waals surface area (Å²) in [6.45, 7) is 8.07. The Morgan fingerprint density at radius 3 is 1.74 bits per heavy atom. The Morgan fingerprint density at radius 1 is 0.571 bits per heavy atom. The lowest BCUT2D eigenvalue weighted by atomic mass is 9.92. The van der Waals surface area contributed by atoms with Crippen molar-refractivity contribution in [1.82, 2.24) is 92.3 Å². The molecule has 0 aliphatic carbocycles. The van der Waals surface area contributed by atoms with Crippen molar-refractivity contribution in [2.45, 2.75) is 230 Å². The second kappa shape index (κ2) is 50.9. The van der Waals surface area contributed by atoms with Gasteiger partial charge in [-0.3, -0.25) is 86.3 Å². The molecular formula is C91H127N21O20S. The van der Waals surface area contributed by atoms with Crippen LogP contribution in [0.3, 0.4) is 0 Å². The number of benzene rings is 3. The molecule has 16 amide bonds. The number of carbonyl (C=O) groups excluding carboxylic acids is 17. The van der Waals surface area contributed by atoms with Crippen LogP contribution in [0.25, 0.3) is 21.8 Å². The maximum absolute atomic E-state index is 15.8. The third kappa shape index (κ3) is 30.4. The van der Waals surface area contributed by atoms with Crippen LogP contribution in [0.4, 0.5) is 0 Å². The van der Waals surface area contributed by atoms with E-state index in [0.29, 0.717) is 64.2 Å². The fourth-order valence-corrected chi connectivity index (χ4v) is 17.1. The van der Waals surface area contributed by atoms with E-state index in [1.54, 1.807) is 62.6 Å². The standard InChI is InChI=1S/C91H127N21O20S/c1-10-13-24-72-85(126)103-66(36-51(4)5)83(124)107-71(81(122)98-46-76(94)116)48-133-49-77(117)100-68(37-53-27-29-58(113)30-28-53)87(128)108(7)52(6)79(120)105-70(42-75(93)115)90(131)112-35-19-26-73(112)86(127)104-67(41-57-45-95-50-99-57)84(125)102-65(31-32-78(118)119)89(130)111(12-3)47-59(114)39-54(38-55-43-96-62-22-17-15-20-60(55)62)80(121)101-64(33-34-92)82(123)106-69(40-56-44-97-63-23-18-16-21-61(56)63)88(129)110(9)74(25-14-11-2)91(132)109(72)8/h15-18,20-23,27-30,43-45,50-52,54,64-74,96-97,113H,10-14,19,24-26,31-42,46-49,92H2,1-9H3,(H2,93,115)(H2,94,116)(H,95,99)(H,98,122)(H,100,117)(H,101,121)(H,102,125)(H,103,126)(H,104,127)(H,105,120)(H,106,123)(H,107,124)(H,118,119)/t52-,54+,64-,65-,66-,67-,68-,69-,70-,71-,72-,73-,74-/m0/s1. The number of primary amides is 2. The van der Waals surface area contributed by atoms with Crippen molar-refractivity contribution in [3.63, 3.8) is 0 Å². The molecule has 6 aromatic rings. The van der Waals surface area contributed by atoms with Crippen LogP contribution >= 0.6 is 11.8 Å². The van der Waals surface area contributed by atoms with Crippen LogP contribution in [0, 0.1) is 11.8 Å². The van der Waals surface area contributed by atoms with E-state index in [2.05, 4.69) is 67.8 Å². The number of phenols is 1. The van der Waals surface area contributed by atoms with Crippen LogP contribution in [0.1, 0.15) is 154 Å². The Balaban J connectivity index is 1.19. The number of phenolic OH excluding ortho intramolecular Hbond substituents is 1. The van der Waals surface area contributed by atoms with Crippen molar-refractivity contribution >= 4 is 140 Å². The number of aromatic hydroxyl groups is 1. The zero-order valence-corrected chi connectivity index (χ0v) is 77.4. The first-order valence-electron chi connectivity index (χ1n) is 44.9. The van der Waals surface area contributed by atoms with Gasteiger partial charge in [-0.05, 0) is 119 Å². The van der Waals surface area contributed by atoms with Crippen LogP contribution in [-0.4, -0.2) is 299 Å². The van der Waals surface area contributed by atoms with Crippen LogP contribution in [-0.2, 0) is 112 Å². The summed E-state index contributed by atoms with van der Waals surface area (Å²) in [5, 5.41) is 45.6. The Morgan fingerprint density at radius 2 is 1.14 bits per heavy atom. The van der Waals surface area contributed by atoms with Crippen molar-refractivity contribution in [3.05, 3.63) is 120 Å². The molecule has 2 aliphatic rings. The number of aliphatic carboxylic acids is 1. The molecule has 2 saturated heterocycles. The molecule has 2 aliphatic heterocycles. The number of para-hydroxylation sites is 2. The van der Waals surface area contributed by atoms with E-state index >= 15 is 28.8 Å². The molecule has 133 heavy (non-hydrogen) atoms. The van der Waals surface area contributed by atoms with Gasteiger partial charge in [-0.25, -0.2) is 4.98 Å². The molecule has 5 heterocycles. The maximum atomic E-state index is 15.8. The normalized spacial score (nSPS) is 23.5. The van der Waals surface area contributed by atoms with E-state index in [-0.39, 0.29) is 101 Å². The molecule has 0 saturated carbocycles. The molecule has 8 rings (SSSR count). The van der Waals surface area contributed by atoms with Crippen molar-refractivity contribution in [2.75, 3.05) is 65.4 Å². The summed E-state index contributed by atoms with van der Waals surface area (Å²) in [4.78, 5) is 281. The second-order valence-electron chi connectivity index (χ2n) is 34.2. The molecule has 0 spiro atoms. The molecule has 20 N–H and O–H groups in total. The van der Waals surface area contributed by atoms with E-state index in [1.165, 1.54) is 81.6 Å². The van der Waals surface area contributed by atoms with Gasteiger partial charge in [0, 0.05) is 124 Å². The van der Waals surface area contributed by atoms with E-state index in [0.717, 1.165) is 26.5 Å². The van der Waals surface area contributed by atoms with Gasteiger partial charge in [0.15, 0.2) is 5.78 Å². The molecule has 3 aromatic carbocycles. The van der Waals surface area contributed by atoms with Gasteiger partial charge >= 0.3 is 5.97 Å². The van der Waals surface area contributed by atoms with Crippen LogP contribution in [0.5, 0.6) is 5.75 Å². The highest BCUT2D eigenvalue weighted by molar-refractivity contribution is 8.00. The molecule has 0 bridgehead atoms. The molecule has 722 valence electrons. The molecule has 0 radical (unpaired) electrons. The Kier molecular flexibility index (Phi) is 40.2. The van der Waals surface area contributed by atoms with Crippen molar-refractivity contribution in [2.24, 2.45) is 29.0 Å². The number of ketones is 1. The molecule has 3 aromatic heterocycles. The van der Waals surface area contributed by atoms with Gasteiger partial charge in [-0.2, -0.15) is 0 Å². The number of aromatic amines is 3. The highest BCUT2D eigenvalue weighted by atomic mass is 32.2. The van der Waals surface area contributed by atoms with Crippen LogP contribution < -0.4 is 65.1 Å². The van der Waals surface area contributed by atoms with Crippen molar-refractivity contribution in [3.8, 4) is 5.75 Å². The monoisotopic (exact) mass is 1870 g/mol. The highest BCUT2D eigenvalue weighted by Gasteiger charge is 2.44. The van der Waals surface area contributed by atoms with Crippen LogP contribution in [0.15, 0.2) is 97.7 Å². The summed E-state index contributed by atoms with van der Waals surface area (Å²) in [5.74, 6) is -19.3. The number of carboxylic acids is 1. The number of nitrogens with one attached hydrogen (secondary N) is 12. The third-order valence-corrected chi connectivity index (χ3v) is 24.7. The average Bonchev–Trinajstić information content (AvgIpc) is 1.70. The number of carboxylic acid groups (broad SMARTS) is 1. The van der Waals surface area contributed by atoms with E-state index in [4.69, 9.17) is 17.2 Å². The summed E-state index contributed by atoms with van der Waals surface area (Å²) in [7, 11) is 4.00. The first-order valence-corrected chi connectivity index (χ1v) is 46.0. The topological polar surface area (TPSA) is 611 Å². The van der Waals surface area contributed by atoms with Crippen molar-refractivity contribution in [1.29, 1.82) is 0 Å². The van der Waals surface area contributed by atoms with Gasteiger partial charge in [-0.15, -0.1) is 11.8 Å². The quantitative estimate of drug-likeness (QED) is 0.0323. The first kappa shape index (κ1) is 105. The van der Waals surface area contributed by atoms with Gasteiger partial charge < -0.3 is 115 Å². The van der Waals surface area contributed by atoms with Crippen LogP contribution in [0.2, 0.25) is 0 Å². The zero-order valence-electron chi connectivity index (χ0n) is 76.6. The molecule has 41 nitrogen and oxygen atoms in total. The number of rotatable bonds is 27. The molecule has 42 heteroatoms. The average molecular weight is 1870 g/mol. The number of carbonyl (C=O) groups is 18. The SMILES string of the molecule is CCCC[C@H]1C(=O)N(C)[C@@H](CCCC)C(=O)N[C@@H](CC(C)C)C(=O)N[C@H](C(=O)NCC(N)=O)CSCC(=O)N[C@@H](Cc2ccc(O)cc2)C(=O)N(C)[C@@H](C)C(=O)N[C@@H](CC(N)=O)C(=O)N2CCC[C@H]2C(=O)N[C@@H](Cc2cnc[nH]2)C(=O)N[C@@H](CCC(=O)O)C(=O)N(CC)CC(=O)C[C@@H](Cc2c[nH]c3ccccc23)C(=O)N[C@@H](CCN)C(=O)N[C@@H](Cc2c[nH]c3ccccc23)C(=O)N1C. The number of thioether (sulfide) groups is 1. The number of Topliss-reactive ketones (excluding diaryl/α,β-unsaturated/α-hetero) is 1. The minimum Gasteiger partial charge on any atom is -0.508 e. The number of nitrogens with zero attached hydrogens (tertiary/aromatic N) is 6. The number of fused-ring (bicyclic) bond motifs is 3. The third-order valence-electron chi connectivity index (χ3n) is 23.7. The molecule has 2 fully saturated rings. The minimum absolute atomic E-state index is 0.0404. The minimum atomic E-state index is -1.79. The molecule has 13 atom stereocenters. The van der Waals surface area contributed by atoms with Crippen molar-refractivity contribution < 1.29 is 96.5 Å². The largest absolute Gasteiger partial charge is 0.508 e. The summed E-state index contributed by atoms with van der Waals surface area (Å²) < 4.78 is 0. The van der Waals surface area contributed by atoms with Gasteiger partial charge in [0.25, 0.3) is 0 Å². The number of likely N-dealkylation sites (N-methyl/N-ethyl adjacent to an activating group) is 4. The number of unbranched alkanes of at least 4 members (excludes halogenated alkanes) is 2. The number of aromatic nitrogens is 4. The molecule has 0 unspecified atom stereocenters. The number of hydrogen-bond donors (Lipinski definition) is 17. The maximum Gasteiger partial charge on any atom is 0.303 e. The fourth-order valence-electron chi connectivity index (χ4n) is 16.2. The Bertz CT molecular complexity index is 5100. The molecular weight excluding hydrogens is 1740 g/mol. The zero-order chi connectivity index (χ0) is 97.4. The summed E-state index contributed by atoms with van der Waals surface area (Å²) >= 11 is 0.794. The van der Waals surface area contributed by atoms with E-state index < -0.39 is 235 Å². The number of amides is 16. The highest BCUT2D eigenvalue weighted by Crippen LogP contribution is 2.28. The first-order chi connectivity index (χ1) is 63.3. The van der Waals surface area contributed by atoms with Gasteiger partial charge in [-0.1, -0.05) is 102 Å². The Labute approximate surface area is 774 Å². The number of H-pyrrole nitrogens is 3. The smallest absolute Gasteiger partial charge is 0.303 e.